The van der Waals surface area contributed by atoms with Crippen LogP contribution in [0.4, 0.5) is 5.69 Å². The molecule has 3 aromatic rings. The van der Waals surface area contributed by atoms with Crippen molar-refractivity contribution in [3.8, 4) is 0 Å². The number of hydrogen-bond donors (Lipinski definition) is 1. The van der Waals surface area contributed by atoms with E-state index in [0.717, 1.165) is 9.35 Å². The van der Waals surface area contributed by atoms with Gasteiger partial charge in [-0.15, -0.1) is 11.3 Å². The highest BCUT2D eigenvalue weighted by molar-refractivity contribution is 9.10. The van der Waals surface area contributed by atoms with Crippen molar-refractivity contribution in [1.29, 1.82) is 0 Å². The number of nitrogens with zero attached hydrogens (tertiary/aromatic N) is 1. The molecule has 0 radical (unpaired) electrons. The molecule has 0 spiro atoms. The number of furan rings is 1. The van der Waals surface area contributed by atoms with E-state index < -0.39 is 17.3 Å². The molecule has 1 aliphatic heterocycles. The zero-order valence-corrected chi connectivity index (χ0v) is 16.8. The van der Waals surface area contributed by atoms with Crippen LogP contribution >= 0.6 is 27.3 Å². The zero-order chi connectivity index (χ0) is 19.2. The van der Waals surface area contributed by atoms with E-state index in [1.807, 2.05) is 23.6 Å². The van der Waals surface area contributed by atoms with E-state index in [1.165, 1.54) is 16.2 Å². The molecule has 0 aliphatic carbocycles. The van der Waals surface area contributed by atoms with E-state index in [-0.39, 0.29) is 12.2 Å². The third-order valence-corrected chi connectivity index (χ3v) is 5.97. The minimum Gasteiger partial charge on any atom is -0.458 e. The predicted molar refractivity (Wildman–Crippen MR) is 106 cm³/mol. The highest BCUT2D eigenvalue weighted by atomic mass is 79.9. The Morgan fingerprint density at radius 1 is 1.30 bits per heavy atom. The largest absolute Gasteiger partial charge is 0.458 e. The maximum absolute atomic E-state index is 13.2. The van der Waals surface area contributed by atoms with Crippen molar-refractivity contribution in [2.24, 2.45) is 0 Å². The summed E-state index contributed by atoms with van der Waals surface area (Å²) < 4.78 is 6.09. The molecule has 27 heavy (non-hydrogen) atoms. The van der Waals surface area contributed by atoms with Crippen LogP contribution in [-0.4, -0.2) is 16.8 Å². The Morgan fingerprint density at radius 3 is 2.78 bits per heavy atom. The summed E-state index contributed by atoms with van der Waals surface area (Å²) >= 11 is 4.93. The van der Waals surface area contributed by atoms with Crippen LogP contribution in [0.3, 0.4) is 0 Å². The van der Waals surface area contributed by atoms with Crippen molar-refractivity contribution in [2.45, 2.75) is 25.5 Å². The number of anilines is 1. The van der Waals surface area contributed by atoms with Gasteiger partial charge in [0.05, 0.1) is 18.7 Å². The smallest absolute Gasteiger partial charge is 0.264 e. The number of thiophene rings is 1. The van der Waals surface area contributed by atoms with Crippen molar-refractivity contribution < 1.29 is 19.1 Å². The van der Waals surface area contributed by atoms with E-state index in [0.29, 0.717) is 23.6 Å². The van der Waals surface area contributed by atoms with Crippen LogP contribution in [0.5, 0.6) is 0 Å². The highest BCUT2D eigenvalue weighted by Gasteiger charge is 2.51. The molecule has 5 nitrogen and oxygen atoms in total. The number of Topliss-reactive ketones (excluding diaryl/α,β-unsaturated/α-hetero) is 1. The number of benzene rings is 1. The summed E-state index contributed by atoms with van der Waals surface area (Å²) in [5.74, 6) is -0.170. The minimum absolute atomic E-state index is 0.141. The van der Waals surface area contributed by atoms with Crippen molar-refractivity contribution in [1.82, 2.24) is 0 Å². The van der Waals surface area contributed by atoms with Crippen LogP contribution in [0.25, 0.3) is 0 Å². The summed E-state index contributed by atoms with van der Waals surface area (Å²) in [4.78, 5) is 28.4. The van der Waals surface area contributed by atoms with Gasteiger partial charge in [-0.25, -0.2) is 0 Å². The summed E-state index contributed by atoms with van der Waals surface area (Å²) in [6.07, 6.45) is -0.372. The van der Waals surface area contributed by atoms with Crippen LogP contribution in [0.1, 0.15) is 33.2 Å². The lowest BCUT2D eigenvalue weighted by Crippen LogP contribution is -2.41. The number of amides is 1. The number of aliphatic hydroxyl groups is 1. The van der Waals surface area contributed by atoms with Crippen LogP contribution in [-0.2, 0) is 16.9 Å². The SMILES string of the molecule is Cc1ccc(C(=O)C[C@]2(O)C(=O)N(Cc3cccs3)c3ccc(Br)cc32)o1. The molecule has 1 amide bonds. The zero-order valence-electron chi connectivity index (χ0n) is 14.4. The molecular formula is C20H16BrNO4S. The molecule has 0 fully saturated rings. The molecule has 1 aromatic carbocycles. The number of aryl methyl sites for hydroxylation is 1. The Morgan fingerprint density at radius 2 is 2.11 bits per heavy atom. The lowest BCUT2D eigenvalue weighted by molar-refractivity contribution is -0.136. The fraction of sp³-hybridized carbons (Fsp3) is 0.200. The maximum Gasteiger partial charge on any atom is 0.264 e. The molecule has 4 rings (SSSR count). The Labute approximate surface area is 168 Å². The lowest BCUT2D eigenvalue weighted by atomic mass is 9.89. The first-order chi connectivity index (χ1) is 12.9. The van der Waals surface area contributed by atoms with Gasteiger partial charge in [0.25, 0.3) is 5.91 Å². The number of hydrogen-bond acceptors (Lipinski definition) is 5. The van der Waals surface area contributed by atoms with Gasteiger partial charge in [-0.05, 0) is 48.7 Å². The number of halogens is 1. The van der Waals surface area contributed by atoms with Crippen molar-refractivity contribution in [2.75, 3.05) is 4.90 Å². The van der Waals surface area contributed by atoms with E-state index in [2.05, 4.69) is 15.9 Å². The number of carbonyl (C=O) groups excluding carboxylic acids is 2. The number of rotatable bonds is 5. The summed E-state index contributed by atoms with van der Waals surface area (Å²) in [7, 11) is 0. The minimum atomic E-state index is -1.92. The molecule has 7 heteroatoms. The number of ketones is 1. The third kappa shape index (κ3) is 3.16. The van der Waals surface area contributed by atoms with E-state index in [9.17, 15) is 14.7 Å². The highest BCUT2D eigenvalue weighted by Crippen LogP contribution is 2.45. The van der Waals surface area contributed by atoms with Gasteiger partial charge in [-0.3, -0.25) is 9.59 Å². The quantitative estimate of drug-likeness (QED) is 0.590. The Bertz CT molecular complexity index is 1030. The molecule has 0 unspecified atom stereocenters. The first kappa shape index (κ1) is 18.2. The van der Waals surface area contributed by atoms with Crippen molar-refractivity contribution in [3.05, 3.63) is 74.3 Å². The molecule has 138 valence electrons. The summed E-state index contributed by atoms with van der Waals surface area (Å²) in [5, 5.41) is 13.2. The van der Waals surface area contributed by atoms with Crippen molar-refractivity contribution in [3.63, 3.8) is 0 Å². The molecule has 3 heterocycles. The van der Waals surface area contributed by atoms with Gasteiger partial charge in [0.1, 0.15) is 5.76 Å². The monoisotopic (exact) mass is 445 g/mol. The number of carbonyl (C=O) groups is 2. The fourth-order valence-corrected chi connectivity index (χ4v) is 4.37. The molecule has 2 aromatic heterocycles. The van der Waals surface area contributed by atoms with Gasteiger partial charge in [0.2, 0.25) is 5.78 Å². The lowest BCUT2D eigenvalue weighted by Gasteiger charge is -2.22. The number of fused-ring (bicyclic) bond motifs is 1. The Hall–Kier alpha value is -2.22. The molecule has 1 N–H and O–H groups in total. The molecule has 1 atom stereocenters. The molecule has 0 bridgehead atoms. The first-order valence-electron chi connectivity index (χ1n) is 8.35. The molecule has 0 saturated heterocycles. The van der Waals surface area contributed by atoms with Crippen LogP contribution in [0.2, 0.25) is 0 Å². The topological polar surface area (TPSA) is 70.8 Å². The molecule has 0 saturated carbocycles. The van der Waals surface area contributed by atoms with Gasteiger partial charge in [0, 0.05) is 14.9 Å². The Kier molecular flexibility index (Phi) is 4.53. The van der Waals surface area contributed by atoms with Crippen LogP contribution < -0.4 is 4.90 Å². The van der Waals surface area contributed by atoms with Gasteiger partial charge in [0.15, 0.2) is 11.4 Å². The van der Waals surface area contributed by atoms with Crippen LogP contribution in [0, 0.1) is 6.92 Å². The van der Waals surface area contributed by atoms with Gasteiger partial charge in [-0.1, -0.05) is 22.0 Å². The second kappa shape index (κ2) is 6.74. The third-order valence-electron chi connectivity index (χ3n) is 4.62. The average Bonchev–Trinajstić information content (AvgIpc) is 3.33. The Balaban J connectivity index is 1.72. The van der Waals surface area contributed by atoms with E-state index in [4.69, 9.17) is 4.42 Å². The maximum atomic E-state index is 13.2. The van der Waals surface area contributed by atoms with Crippen LogP contribution in [0.15, 0.2) is 56.7 Å². The summed E-state index contributed by atoms with van der Waals surface area (Å²) in [6, 6.07) is 12.4. The second-order valence-corrected chi connectivity index (χ2v) is 8.45. The fourth-order valence-electron chi connectivity index (χ4n) is 3.31. The van der Waals surface area contributed by atoms with Gasteiger partial charge in [-0.2, -0.15) is 0 Å². The molecular weight excluding hydrogens is 430 g/mol. The normalized spacial score (nSPS) is 18.8. The van der Waals surface area contributed by atoms with Crippen molar-refractivity contribution >= 4 is 44.6 Å². The average molecular weight is 446 g/mol. The summed E-state index contributed by atoms with van der Waals surface area (Å²) in [6.45, 7) is 2.09. The predicted octanol–water partition coefficient (Wildman–Crippen LogP) is 4.42. The molecule has 1 aliphatic rings. The van der Waals surface area contributed by atoms with Gasteiger partial charge >= 0.3 is 0 Å². The summed E-state index contributed by atoms with van der Waals surface area (Å²) in [5.41, 5.74) is -0.883. The van der Waals surface area contributed by atoms with Gasteiger partial charge < -0.3 is 14.4 Å². The first-order valence-corrected chi connectivity index (χ1v) is 10.0. The standard InChI is InChI=1S/C20H16BrNO4S/c1-12-4-7-18(26-12)17(23)10-20(25)15-9-13(21)5-6-16(15)22(19(20)24)11-14-3-2-8-27-14/h2-9,25H,10-11H2,1H3/t20-/m1/s1. The second-order valence-electron chi connectivity index (χ2n) is 6.50. The van der Waals surface area contributed by atoms with E-state index >= 15 is 0 Å². The van der Waals surface area contributed by atoms with E-state index in [1.54, 1.807) is 31.2 Å².